The Bertz CT molecular complexity index is 507. The van der Waals surface area contributed by atoms with Gasteiger partial charge in [-0.1, -0.05) is 32.5 Å². The van der Waals surface area contributed by atoms with Gasteiger partial charge in [0.15, 0.2) is 0 Å². The van der Waals surface area contributed by atoms with Gasteiger partial charge in [-0.15, -0.1) is 5.10 Å². The Morgan fingerprint density at radius 3 is 2.33 bits per heavy atom. The number of hydrogen-bond acceptors (Lipinski definition) is 5. The van der Waals surface area contributed by atoms with E-state index in [1.807, 2.05) is 34.6 Å². The number of nitrogens with one attached hydrogen (secondary N) is 3. The van der Waals surface area contributed by atoms with Gasteiger partial charge in [0, 0.05) is 11.5 Å². The average molecular weight is 313 g/mol. The van der Waals surface area contributed by atoms with Crippen LogP contribution in [0.25, 0.3) is 0 Å². The molecule has 0 aliphatic heterocycles. The molecule has 1 aromatic heterocycles. The van der Waals surface area contributed by atoms with E-state index in [-0.39, 0.29) is 17.4 Å². The van der Waals surface area contributed by atoms with Crippen molar-refractivity contribution in [2.75, 3.05) is 0 Å². The normalized spacial score (nSPS) is 13.1. The van der Waals surface area contributed by atoms with Gasteiger partial charge in [0.2, 0.25) is 11.1 Å². The van der Waals surface area contributed by atoms with E-state index in [2.05, 4.69) is 25.8 Å². The number of amides is 3. The highest BCUT2D eigenvalue weighted by atomic mass is 32.2. The fourth-order valence-electron chi connectivity index (χ4n) is 1.36. The molecule has 0 radical (unpaired) electrons. The zero-order chi connectivity index (χ0) is 16.2. The summed E-state index contributed by atoms with van der Waals surface area (Å²) in [5.74, 6) is 0.385. The van der Waals surface area contributed by atoms with Crippen molar-refractivity contribution >= 4 is 23.7 Å². The number of aromatic amines is 1. The highest BCUT2D eigenvalue weighted by molar-refractivity contribution is 8.00. The van der Waals surface area contributed by atoms with E-state index in [1.165, 1.54) is 11.8 Å². The number of carbonyl (C=O) groups excluding carboxylic acids is 2. The lowest BCUT2D eigenvalue weighted by atomic mass is 9.96. The number of rotatable bonds is 4. The molecular formula is C13H23N5O2S. The first-order chi connectivity index (χ1) is 9.59. The Morgan fingerprint density at radius 2 is 1.86 bits per heavy atom. The first kappa shape index (κ1) is 17.5. The van der Waals surface area contributed by atoms with E-state index in [0.29, 0.717) is 5.16 Å². The van der Waals surface area contributed by atoms with Crippen molar-refractivity contribution < 1.29 is 9.59 Å². The molecule has 1 heterocycles. The molecule has 21 heavy (non-hydrogen) atoms. The third-order valence-corrected chi connectivity index (χ3v) is 3.44. The maximum atomic E-state index is 11.9. The fourth-order valence-corrected chi connectivity index (χ4v) is 2.08. The van der Waals surface area contributed by atoms with Gasteiger partial charge in [0.05, 0.1) is 5.25 Å². The van der Waals surface area contributed by atoms with Crippen molar-refractivity contribution in [3.63, 3.8) is 0 Å². The van der Waals surface area contributed by atoms with Crippen LogP contribution in [0.4, 0.5) is 4.79 Å². The molecule has 0 unspecified atom stereocenters. The largest absolute Gasteiger partial charge is 0.336 e. The standard InChI is InChI=1S/C13H23N5O2S/c1-7(2)14-11(20)15-9(19)8(3)21-12-16-10(17-18-12)13(4,5)6/h7-8H,1-6H3,(H,16,17,18)(H2,14,15,19,20)/t8-/m1/s1. The molecule has 1 atom stereocenters. The molecule has 0 aliphatic carbocycles. The van der Waals surface area contributed by atoms with Gasteiger partial charge in [-0.05, 0) is 20.8 Å². The van der Waals surface area contributed by atoms with Gasteiger partial charge in [0.1, 0.15) is 5.82 Å². The van der Waals surface area contributed by atoms with Crippen molar-refractivity contribution in [3.05, 3.63) is 5.82 Å². The van der Waals surface area contributed by atoms with Crippen molar-refractivity contribution in [1.82, 2.24) is 25.8 Å². The summed E-state index contributed by atoms with van der Waals surface area (Å²) < 4.78 is 0. The van der Waals surface area contributed by atoms with Crippen molar-refractivity contribution in [3.8, 4) is 0 Å². The van der Waals surface area contributed by atoms with E-state index in [9.17, 15) is 9.59 Å². The van der Waals surface area contributed by atoms with Crippen LogP contribution in [0.5, 0.6) is 0 Å². The second-order valence-electron chi connectivity index (χ2n) is 6.09. The van der Waals surface area contributed by atoms with Gasteiger partial charge < -0.3 is 5.32 Å². The number of nitrogens with zero attached hydrogens (tertiary/aromatic N) is 2. The van der Waals surface area contributed by atoms with Crippen LogP contribution in [0.15, 0.2) is 5.16 Å². The zero-order valence-corrected chi connectivity index (χ0v) is 14.1. The van der Waals surface area contributed by atoms with Crippen LogP contribution in [-0.4, -0.2) is 38.4 Å². The van der Waals surface area contributed by atoms with Crippen LogP contribution < -0.4 is 10.6 Å². The van der Waals surface area contributed by atoms with Crippen molar-refractivity contribution in [2.24, 2.45) is 0 Å². The molecule has 0 saturated carbocycles. The molecule has 7 nitrogen and oxygen atoms in total. The molecule has 0 saturated heterocycles. The van der Waals surface area contributed by atoms with Crippen molar-refractivity contribution in [1.29, 1.82) is 0 Å². The van der Waals surface area contributed by atoms with Gasteiger partial charge in [0.25, 0.3) is 0 Å². The topological polar surface area (TPSA) is 99.8 Å². The molecule has 3 amide bonds. The molecule has 0 aliphatic rings. The lowest BCUT2D eigenvalue weighted by Crippen LogP contribution is -2.45. The summed E-state index contributed by atoms with van der Waals surface area (Å²) in [5.41, 5.74) is -0.130. The Labute approximate surface area is 129 Å². The smallest absolute Gasteiger partial charge is 0.321 e. The summed E-state index contributed by atoms with van der Waals surface area (Å²) in [6, 6.07) is -0.518. The summed E-state index contributed by atoms with van der Waals surface area (Å²) in [6.45, 7) is 11.4. The molecule has 0 fully saturated rings. The molecule has 8 heteroatoms. The number of H-pyrrole nitrogens is 1. The zero-order valence-electron chi connectivity index (χ0n) is 13.3. The maximum Gasteiger partial charge on any atom is 0.321 e. The summed E-state index contributed by atoms with van der Waals surface area (Å²) in [7, 11) is 0. The maximum absolute atomic E-state index is 11.9. The average Bonchev–Trinajstić information content (AvgIpc) is 2.75. The predicted octanol–water partition coefficient (Wildman–Crippen LogP) is 1.82. The monoisotopic (exact) mass is 313 g/mol. The molecule has 0 bridgehead atoms. The van der Waals surface area contributed by atoms with E-state index < -0.39 is 11.3 Å². The summed E-state index contributed by atoms with van der Waals surface area (Å²) in [4.78, 5) is 27.7. The first-order valence-electron chi connectivity index (χ1n) is 6.80. The first-order valence-corrected chi connectivity index (χ1v) is 7.68. The lowest BCUT2D eigenvalue weighted by molar-refractivity contribution is -0.119. The third-order valence-electron chi connectivity index (χ3n) is 2.48. The minimum Gasteiger partial charge on any atom is -0.336 e. The minimum atomic E-state index is -0.493. The second-order valence-corrected chi connectivity index (χ2v) is 7.40. The SMILES string of the molecule is CC(C)NC(=O)NC(=O)[C@@H](C)Sc1n[nH]c(C(C)(C)C)n1. The minimum absolute atomic E-state index is 0.0249. The molecule has 1 aromatic rings. The van der Waals surface area contributed by atoms with Crippen LogP contribution in [0, 0.1) is 0 Å². The molecule has 118 valence electrons. The number of carbonyl (C=O) groups is 2. The molecule has 3 N–H and O–H groups in total. The number of aromatic nitrogens is 3. The quantitative estimate of drug-likeness (QED) is 0.736. The van der Waals surface area contributed by atoms with Crippen LogP contribution in [0.1, 0.15) is 47.4 Å². The Morgan fingerprint density at radius 1 is 1.24 bits per heavy atom. The van der Waals surface area contributed by atoms with Crippen molar-refractivity contribution in [2.45, 2.75) is 63.4 Å². The van der Waals surface area contributed by atoms with Gasteiger partial charge in [-0.25, -0.2) is 9.78 Å². The fraction of sp³-hybridized carbons (Fsp3) is 0.692. The Balaban J connectivity index is 2.56. The van der Waals surface area contributed by atoms with Gasteiger partial charge in [-0.3, -0.25) is 15.2 Å². The van der Waals surface area contributed by atoms with E-state index >= 15 is 0 Å². The Kier molecular flexibility index (Phi) is 5.77. The van der Waals surface area contributed by atoms with E-state index in [1.54, 1.807) is 6.92 Å². The summed E-state index contributed by atoms with van der Waals surface area (Å²) in [5, 5.41) is 11.9. The molecular weight excluding hydrogens is 290 g/mol. The molecule has 0 aromatic carbocycles. The van der Waals surface area contributed by atoms with E-state index in [0.717, 1.165) is 5.82 Å². The molecule has 1 rings (SSSR count). The van der Waals surface area contributed by atoms with Crippen LogP contribution in [0.2, 0.25) is 0 Å². The number of thioether (sulfide) groups is 1. The molecule has 0 spiro atoms. The predicted molar refractivity (Wildman–Crippen MR) is 82.2 cm³/mol. The van der Waals surface area contributed by atoms with Gasteiger partial charge in [-0.2, -0.15) is 0 Å². The number of hydrogen-bond donors (Lipinski definition) is 3. The van der Waals surface area contributed by atoms with Crippen LogP contribution in [-0.2, 0) is 10.2 Å². The highest BCUT2D eigenvalue weighted by Crippen LogP contribution is 2.23. The third kappa shape index (κ3) is 5.74. The number of urea groups is 1. The number of imide groups is 1. The lowest BCUT2D eigenvalue weighted by Gasteiger charge is -2.13. The van der Waals surface area contributed by atoms with Crippen LogP contribution >= 0.6 is 11.8 Å². The van der Waals surface area contributed by atoms with Gasteiger partial charge >= 0.3 is 6.03 Å². The summed E-state index contributed by atoms with van der Waals surface area (Å²) in [6.07, 6.45) is 0. The second kappa shape index (κ2) is 6.93. The summed E-state index contributed by atoms with van der Waals surface area (Å²) >= 11 is 1.20. The Hall–Kier alpha value is -1.57. The van der Waals surface area contributed by atoms with E-state index in [4.69, 9.17) is 0 Å². The van der Waals surface area contributed by atoms with Crippen LogP contribution in [0.3, 0.4) is 0 Å². The highest BCUT2D eigenvalue weighted by Gasteiger charge is 2.22.